The van der Waals surface area contributed by atoms with Crippen molar-refractivity contribution >= 4 is 31.7 Å². The molecular formula is C29H34N2O6S2. The lowest BCUT2D eigenvalue weighted by molar-refractivity contribution is -0.145. The Morgan fingerprint density at radius 3 is 2.00 bits per heavy atom. The lowest BCUT2D eigenvalue weighted by Gasteiger charge is -2.30. The Labute approximate surface area is 231 Å². The zero-order valence-electron chi connectivity index (χ0n) is 22.5. The third-order valence-corrected chi connectivity index (χ3v) is 10.4. The van der Waals surface area contributed by atoms with Gasteiger partial charge in [0.15, 0.2) is 0 Å². The van der Waals surface area contributed by atoms with Crippen LogP contribution >= 0.6 is 0 Å². The van der Waals surface area contributed by atoms with Crippen molar-refractivity contribution in [2.75, 3.05) is 10.9 Å². The second kappa shape index (κ2) is 11.5. The summed E-state index contributed by atoms with van der Waals surface area (Å²) in [6.45, 7) is 7.35. The van der Waals surface area contributed by atoms with Gasteiger partial charge in [-0.05, 0) is 69.5 Å². The van der Waals surface area contributed by atoms with Gasteiger partial charge in [-0.1, -0.05) is 60.5 Å². The predicted molar refractivity (Wildman–Crippen MR) is 151 cm³/mol. The fraction of sp³-hybridized carbons (Fsp3) is 0.345. The van der Waals surface area contributed by atoms with Crippen LogP contribution in [0.4, 0.5) is 5.69 Å². The van der Waals surface area contributed by atoms with Crippen LogP contribution in [-0.2, 0) is 29.6 Å². The second-order valence-corrected chi connectivity index (χ2v) is 13.3. The molecule has 1 heterocycles. The summed E-state index contributed by atoms with van der Waals surface area (Å²) in [6, 6.07) is 18.4. The van der Waals surface area contributed by atoms with Gasteiger partial charge in [0.2, 0.25) is 10.0 Å². The van der Waals surface area contributed by atoms with Crippen LogP contribution in [-0.4, -0.2) is 41.5 Å². The number of aryl methyl sites for hydroxylation is 2. The summed E-state index contributed by atoms with van der Waals surface area (Å²) >= 11 is 0. The predicted octanol–water partition coefficient (Wildman–Crippen LogP) is 4.67. The molecule has 3 aromatic rings. The first-order valence-corrected chi connectivity index (χ1v) is 15.9. The van der Waals surface area contributed by atoms with Crippen molar-refractivity contribution in [3.63, 3.8) is 0 Å². The molecule has 39 heavy (non-hydrogen) atoms. The van der Waals surface area contributed by atoms with Crippen LogP contribution in [0.1, 0.15) is 49.3 Å². The minimum absolute atomic E-state index is 0.0271. The van der Waals surface area contributed by atoms with Crippen LogP contribution in [0, 0.1) is 13.8 Å². The summed E-state index contributed by atoms with van der Waals surface area (Å²) in [7, 11) is -7.99. The number of hydrogen-bond acceptors (Lipinski definition) is 6. The van der Waals surface area contributed by atoms with E-state index in [-0.39, 0.29) is 22.8 Å². The summed E-state index contributed by atoms with van der Waals surface area (Å²) in [6.07, 6.45) is 0.476. The average molecular weight is 571 g/mol. The van der Waals surface area contributed by atoms with E-state index in [4.69, 9.17) is 4.74 Å². The van der Waals surface area contributed by atoms with E-state index in [1.807, 2.05) is 32.9 Å². The Morgan fingerprint density at radius 1 is 0.872 bits per heavy atom. The quantitative estimate of drug-likeness (QED) is 0.355. The molecule has 0 radical (unpaired) electrons. The van der Waals surface area contributed by atoms with E-state index >= 15 is 0 Å². The van der Waals surface area contributed by atoms with Gasteiger partial charge in [0.1, 0.15) is 6.04 Å². The smallest absolute Gasteiger partial charge is 0.324 e. The molecule has 0 fully saturated rings. The molecule has 0 aromatic heterocycles. The number of anilines is 1. The molecule has 4 rings (SSSR count). The zero-order valence-corrected chi connectivity index (χ0v) is 24.1. The number of carbonyl (C=O) groups excluding carboxylic acids is 1. The largest absolute Gasteiger partial charge is 0.465 e. The van der Waals surface area contributed by atoms with Crippen LogP contribution in [0.5, 0.6) is 0 Å². The molecular weight excluding hydrogens is 536 g/mol. The van der Waals surface area contributed by atoms with Gasteiger partial charge >= 0.3 is 5.97 Å². The van der Waals surface area contributed by atoms with Crippen molar-refractivity contribution in [1.82, 2.24) is 4.72 Å². The molecule has 0 saturated carbocycles. The Morgan fingerprint density at radius 2 is 1.44 bits per heavy atom. The van der Waals surface area contributed by atoms with Crippen molar-refractivity contribution in [2.24, 2.45) is 0 Å². The Bertz CT molecular complexity index is 1540. The minimum atomic E-state index is -4.05. The van der Waals surface area contributed by atoms with E-state index in [1.54, 1.807) is 55.5 Å². The third kappa shape index (κ3) is 5.88. The van der Waals surface area contributed by atoms with E-state index in [1.165, 1.54) is 16.4 Å². The molecule has 10 heteroatoms. The molecule has 3 aromatic carbocycles. The van der Waals surface area contributed by atoms with Gasteiger partial charge in [-0.3, -0.25) is 9.10 Å². The standard InChI is InChI=1S/C29H34N2O6S2/c1-5-27-25(19-26(29(32)37-6-2)30-38(33,34)22-15-11-20(3)12-16-22)24-9-7-8-10-28(24)31(27)39(35,36)23-17-13-21(4)14-18-23/h7-18,25-27,30H,5-6,19H2,1-4H3. The third-order valence-electron chi connectivity index (χ3n) is 7.02. The van der Waals surface area contributed by atoms with E-state index in [9.17, 15) is 21.6 Å². The van der Waals surface area contributed by atoms with Gasteiger partial charge in [0.25, 0.3) is 10.0 Å². The molecule has 0 saturated heterocycles. The Hall–Kier alpha value is -3.21. The van der Waals surface area contributed by atoms with Crippen molar-refractivity contribution in [1.29, 1.82) is 0 Å². The van der Waals surface area contributed by atoms with Gasteiger partial charge in [0, 0.05) is 5.92 Å². The van der Waals surface area contributed by atoms with E-state index in [0.717, 1.165) is 16.7 Å². The number of benzene rings is 3. The van der Waals surface area contributed by atoms with Crippen LogP contribution in [0.15, 0.2) is 82.6 Å². The molecule has 1 N–H and O–H groups in total. The molecule has 0 amide bonds. The minimum Gasteiger partial charge on any atom is -0.465 e. The number of ether oxygens (including phenoxy) is 1. The van der Waals surface area contributed by atoms with E-state index in [2.05, 4.69) is 4.72 Å². The van der Waals surface area contributed by atoms with Gasteiger partial charge in [-0.2, -0.15) is 4.72 Å². The first-order valence-electron chi connectivity index (χ1n) is 12.9. The number of carbonyl (C=O) groups is 1. The highest BCUT2D eigenvalue weighted by atomic mass is 32.2. The number of hydrogen-bond donors (Lipinski definition) is 1. The van der Waals surface area contributed by atoms with Crippen LogP contribution in [0.3, 0.4) is 0 Å². The number of para-hydroxylation sites is 1. The van der Waals surface area contributed by atoms with E-state index < -0.39 is 44.0 Å². The molecule has 3 unspecified atom stereocenters. The molecule has 3 atom stereocenters. The Balaban J connectivity index is 1.73. The van der Waals surface area contributed by atoms with Crippen LogP contribution in [0.25, 0.3) is 0 Å². The topological polar surface area (TPSA) is 110 Å². The molecule has 1 aliphatic rings. The fourth-order valence-corrected chi connectivity index (χ4v) is 8.06. The molecule has 0 aliphatic carbocycles. The monoisotopic (exact) mass is 570 g/mol. The number of sulfonamides is 2. The zero-order chi connectivity index (χ0) is 28.4. The van der Waals surface area contributed by atoms with Crippen molar-refractivity contribution in [3.8, 4) is 0 Å². The van der Waals surface area contributed by atoms with Gasteiger partial charge in [0.05, 0.1) is 28.1 Å². The Kier molecular flexibility index (Phi) is 8.48. The highest BCUT2D eigenvalue weighted by Crippen LogP contribution is 2.47. The number of nitrogens with one attached hydrogen (secondary N) is 1. The first-order chi connectivity index (χ1) is 18.5. The number of nitrogens with zero attached hydrogens (tertiary/aromatic N) is 1. The highest BCUT2D eigenvalue weighted by molar-refractivity contribution is 7.93. The van der Waals surface area contributed by atoms with Crippen LogP contribution in [0.2, 0.25) is 0 Å². The molecule has 0 spiro atoms. The lowest BCUT2D eigenvalue weighted by atomic mass is 9.88. The maximum absolute atomic E-state index is 13.9. The first kappa shape index (κ1) is 28.8. The normalized spacial score (nSPS) is 18.0. The number of fused-ring (bicyclic) bond motifs is 1. The number of esters is 1. The summed E-state index contributed by atoms with van der Waals surface area (Å²) in [5.41, 5.74) is 3.11. The molecule has 208 valence electrons. The lowest BCUT2D eigenvalue weighted by Crippen LogP contribution is -2.45. The van der Waals surface area contributed by atoms with Gasteiger partial charge < -0.3 is 4.74 Å². The van der Waals surface area contributed by atoms with Gasteiger partial charge in [-0.15, -0.1) is 0 Å². The van der Waals surface area contributed by atoms with Crippen molar-refractivity contribution < 1.29 is 26.4 Å². The maximum atomic E-state index is 13.9. The van der Waals surface area contributed by atoms with Gasteiger partial charge in [-0.25, -0.2) is 16.8 Å². The SMILES string of the molecule is CCOC(=O)C(CC1c2ccccc2N(S(=O)(=O)c2ccc(C)cc2)C1CC)NS(=O)(=O)c1ccc(C)cc1. The highest BCUT2D eigenvalue weighted by Gasteiger charge is 2.45. The second-order valence-electron chi connectivity index (χ2n) is 9.73. The average Bonchev–Trinajstić information content (AvgIpc) is 3.23. The summed E-state index contributed by atoms with van der Waals surface area (Å²) in [4.78, 5) is 13.3. The van der Waals surface area contributed by atoms with Crippen molar-refractivity contribution in [2.45, 2.75) is 68.3 Å². The maximum Gasteiger partial charge on any atom is 0.324 e. The molecule has 8 nitrogen and oxygen atoms in total. The summed E-state index contributed by atoms with van der Waals surface area (Å²) in [5.74, 6) is -1.16. The number of rotatable bonds is 10. The van der Waals surface area contributed by atoms with Crippen LogP contribution < -0.4 is 9.03 Å². The molecule has 1 aliphatic heterocycles. The summed E-state index contributed by atoms with van der Waals surface area (Å²) < 4.78 is 63.5. The van der Waals surface area contributed by atoms with Crippen molar-refractivity contribution in [3.05, 3.63) is 89.5 Å². The molecule has 0 bridgehead atoms. The fourth-order valence-electron chi connectivity index (χ4n) is 5.08. The summed E-state index contributed by atoms with van der Waals surface area (Å²) in [5, 5.41) is 0. The van der Waals surface area contributed by atoms with E-state index in [0.29, 0.717) is 12.1 Å².